The molecular formula is C20H14F3N5. The van der Waals surface area contributed by atoms with Crippen LogP contribution in [0.15, 0.2) is 73.1 Å². The van der Waals surface area contributed by atoms with Crippen LogP contribution in [0.5, 0.6) is 0 Å². The van der Waals surface area contributed by atoms with Crippen LogP contribution in [0.3, 0.4) is 0 Å². The van der Waals surface area contributed by atoms with Crippen molar-refractivity contribution in [2.45, 2.75) is 6.18 Å². The number of anilines is 4. The fourth-order valence-electron chi connectivity index (χ4n) is 2.79. The van der Waals surface area contributed by atoms with Gasteiger partial charge >= 0.3 is 6.18 Å². The molecule has 0 saturated heterocycles. The monoisotopic (exact) mass is 381 g/mol. The Labute approximate surface area is 158 Å². The summed E-state index contributed by atoms with van der Waals surface area (Å²) in [7, 11) is 0. The van der Waals surface area contributed by atoms with Gasteiger partial charge in [-0.05, 0) is 30.3 Å². The number of rotatable bonds is 4. The summed E-state index contributed by atoms with van der Waals surface area (Å²) in [5.41, 5.74) is 0.605. The minimum atomic E-state index is -4.47. The number of nitrogens with one attached hydrogen (secondary N) is 2. The number of alkyl halides is 3. The molecule has 0 spiro atoms. The first-order valence-corrected chi connectivity index (χ1v) is 8.38. The summed E-state index contributed by atoms with van der Waals surface area (Å²) in [6.45, 7) is 0. The van der Waals surface area contributed by atoms with E-state index >= 15 is 0 Å². The van der Waals surface area contributed by atoms with Gasteiger partial charge in [0.1, 0.15) is 5.82 Å². The number of nitrogens with zero attached hydrogens (tertiary/aromatic N) is 3. The molecule has 8 heteroatoms. The van der Waals surface area contributed by atoms with Crippen molar-refractivity contribution >= 4 is 34.0 Å². The van der Waals surface area contributed by atoms with Crippen LogP contribution < -0.4 is 10.6 Å². The van der Waals surface area contributed by atoms with Gasteiger partial charge in [0, 0.05) is 17.8 Å². The Morgan fingerprint density at radius 2 is 1.50 bits per heavy atom. The number of pyridine rings is 1. The summed E-state index contributed by atoms with van der Waals surface area (Å²) in [5, 5.41) is 6.73. The van der Waals surface area contributed by atoms with E-state index in [9.17, 15) is 13.2 Å². The second-order valence-electron chi connectivity index (χ2n) is 5.94. The number of aromatic nitrogens is 3. The molecule has 0 radical (unpaired) electrons. The summed E-state index contributed by atoms with van der Waals surface area (Å²) in [6.07, 6.45) is -1.32. The van der Waals surface area contributed by atoms with Crippen molar-refractivity contribution in [3.8, 4) is 0 Å². The lowest BCUT2D eigenvalue weighted by molar-refractivity contribution is -0.136. The summed E-state index contributed by atoms with van der Waals surface area (Å²) < 4.78 is 39.5. The number of para-hydroxylation sites is 2. The maximum Gasteiger partial charge on any atom is 0.418 e. The van der Waals surface area contributed by atoms with Gasteiger partial charge in [-0.1, -0.05) is 30.3 Å². The molecule has 0 aliphatic heterocycles. The fraction of sp³-hybridized carbons (Fsp3) is 0.0500. The van der Waals surface area contributed by atoms with Crippen LogP contribution >= 0.6 is 0 Å². The number of fused-ring (bicyclic) bond motifs is 1. The molecule has 28 heavy (non-hydrogen) atoms. The van der Waals surface area contributed by atoms with Crippen molar-refractivity contribution in [3.63, 3.8) is 0 Å². The third-order valence-corrected chi connectivity index (χ3v) is 4.03. The maximum absolute atomic E-state index is 13.2. The number of hydrogen-bond donors (Lipinski definition) is 2. The van der Waals surface area contributed by atoms with Gasteiger partial charge in [0.25, 0.3) is 0 Å². The Kier molecular flexibility index (Phi) is 4.52. The topological polar surface area (TPSA) is 62.7 Å². The lowest BCUT2D eigenvalue weighted by Gasteiger charge is -2.14. The van der Waals surface area contributed by atoms with Crippen LogP contribution in [0.1, 0.15) is 5.56 Å². The van der Waals surface area contributed by atoms with Crippen LogP contribution in [-0.4, -0.2) is 15.0 Å². The van der Waals surface area contributed by atoms with E-state index in [-0.39, 0.29) is 17.5 Å². The third kappa shape index (κ3) is 3.71. The molecule has 0 fully saturated rings. The van der Waals surface area contributed by atoms with Gasteiger partial charge in [0.2, 0.25) is 5.95 Å². The summed E-state index contributed by atoms with van der Waals surface area (Å²) >= 11 is 0. The zero-order valence-electron chi connectivity index (χ0n) is 14.4. The highest BCUT2D eigenvalue weighted by molar-refractivity contribution is 5.91. The van der Waals surface area contributed by atoms with Crippen molar-refractivity contribution in [2.75, 3.05) is 10.6 Å². The lowest BCUT2D eigenvalue weighted by atomic mass is 10.1. The van der Waals surface area contributed by atoms with E-state index in [1.807, 2.05) is 30.3 Å². The molecule has 4 rings (SSSR count). The average Bonchev–Trinajstić information content (AvgIpc) is 2.68. The number of benzene rings is 2. The molecule has 0 unspecified atom stereocenters. The summed E-state index contributed by atoms with van der Waals surface area (Å²) in [6, 6.07) is 16.1. The van der Waals surface area contributed by atoms with Crippen LogP contribution in [0.2, 0.25) is 0 Å². The predicted molar refractivity (Wildman–Crippen MR) is 102 cm³/mol. The smallest absolute Gasteiger partial charge is 0.340 e. The molecule has 2 aromatic carbocycles. The molecular weight excluding hydrogens is 367 g/mol. The number of hydrogen-bond acceptors (Lipinski definition) is 5. The maximum atomic E-state index is 13.2. The van der Waals surface area contributed by atoms with Crippen molar-refractivity contribution in [1.82, 2.24) is 15.0 Å². The molecule has 0 amide bonds. The summed E-state index contributed by atoms with van der Waals surface area (Å²) in [4.78, 5) is 12.8. The highest BCUT2D eigenvalue weighted by Gasteiger charge is 2.33. The van der Waals surface area contributed by atoms with Crippen LogP contribution in [0.25, 0.3) is 10.9 Å². The van der Waals surface area contributed by atoms with E-state index in [1.54, 1.807) is 6.20 Å². The Hall–Kier alpha value is -3.68. The second kappa shape index (κ2) is 7.15. The van der Waals surface area contributed by atoms with Gasteiger partial charge in [-0.25, -0.2) is 4.98 Å². The third-order valence-electron chi connectivity index (χ3n) is 4.03. The van der Waals surface area contributed by atoms with E-state index in [4.69, 9.17) is 0 Å². The van der Waals surface area contributed by atoms with Crippen molar-refractivity contribution in [3.05, 3.63) is 78.6 Å². The Morgan fingerprint density at radius 1 is 0.714 bits per heavy atom. The molecule has 140 valence electrons. The largest absolute Gasteiger partial charge is 0.418 e. The first-order chi connectivity index (χ1) is 13.5. The van der Waals surface area contributed by atoms with E-state index in [0.717, 1.165) is 17.0 Å². The zero-order valence-corrected chi connectivity index (χ0v) is 14.4. The highest BCUT2D eigenvalue weighted by atomic mass is 19.4. The van der Waals surface area contributed by atoms with Crippen LogP contribution in [0, 0.1) is 0 Å². The quantitative estimate of drug-likeness (QED) is 0.487. The standard InChI is InChI=1S/C20H14F3N5/c21-20(22,23)14-7-1-2-8-15(14)26-17-10-12-25-19(28-17)27-16-9-3-5-13-6-4-11-24-18(13)16/h1-12H,(H2,25,26,27,28). The molecule has 4 aromatic rings. The minimum absolute atomic E-state index is 0.0773. The van der Waals surface area contributed by atoms with E-state index in [0.29, 0.717) is 5.69 Å². The Bertz CT molecular complexity index is 1120. The molecule has 0 saturated carbocycles. The molecule has 0 aliphatic rings. The van der Waals surface area contributed by atoms with Crippen molar-refractivity contribution < 1.29 is 13.2 Å². The van der Waals surface area contributed by atoms with E-state index < -0.39 is 11.7 Å². The first kappa shape index (κ1) is 17.7. The molecule has 0 bridgehead atoms. The molecule has 0 aliphatic carbocycles. The average molecular weight is 381 g/mol. The summed E-state index contributed by atoms with van der Waals surface area (Å²) in [5.74, 6) is 0.482. The van der Waals surface area contributed by atoms with Crippen LogP contribution in [-0.2, 0) is 6.18 Å². The SMILES string of the molecule is FC(F)(F)c1ccccc1Nc1ccnc(Nc2cccc3cccnc23)n1. The normalized spacial score (nSPS) is 11.4. The molecule has 2 aromatic heterocycles. The Balaban J connectivity index is 1.63. The van der Waals surface area contributed by atoms with E-state index in [1.165, 1.54) is 30.5 Å². The zero-order chi connectivity index (χ0) is 19.6. The van der Waals surface area contributed by atoms with Gasteiger partial charge in [-0.15, -0.1) is 0 Å². The van der Waals surface area contributed by atoms with Gasteiger partial charge in [0.05, 0.1) is 22.5 Å². The lowest BCUT2D eigenvalue weighted by Crippen LogP contribution is -2.09. The fourth-order valence-corrected chi connectivity index (χ4v) is 2.79. The van der Waals surface area contributed by atoms with Gasteiger partial charge < -0.3 is 10.6 Å². The van der Waals surface area contributed by atoms with Crippen molar-refractivity contribution in [1.29, 1.82) is 0 Å². The molecule has 2 N–H and O–H groups in total. The number of halogens is 3. The Morgan fingerprint density at radius 3 is 2.36 bits per heavy atom. The molecule has 0 atom stereocenters. The van der Waals surface area contributed by atoms with Gasteiger partial charge in [-0.3, -0.25) is 4.98 Å². The highest BCUT2D eigenvalue weighted by Crippen LogP contribution is 2.35. The molecule has 2 heterocycles. The van der Waals surface area contributed by atoms with Gasteiger partial charge in [0.15, 0.2) is 0 Å². The molecule has 5 nitrogen and oxygen atoms in total. The van der Waals surface area contributed by atoms with Gasteiger partial charge in [-0.2, -0.15) is 18.2 Å². The predicted octanol–water partition coefficient (Wildman–Crippen LogP) is 5.53. The van der Waals surface area contributed by atoms with Crippen molar-refractivity contribution in [2.24, 2.45) is 0 Å². The second-order valence-corrected chi connectivity index (χ2v) is 5.94. The van der Waals surface area contributed by atoms with Crippen LogP contribution in [0.4, 0.5) is 36.3 Å². The van der Waals surface area contributed by atoms with E-state index in [2.05, 4.69) is 25.6 Å². The first-order valence-electron chi connectivity index (χ1n) is 8.38. The minimum Gasteiger partial charge on any atom is -0.340 e.